The SMILES string of the molecule is [N-]=[N+]=C=CCN. The zero-order chi connectivity index (χ0) is 4.83. The number of hydrogen-bond donors (Lipinski definition) is 1. The first-order valence-electron chi connectivity index (χ1n) is 1.53. The summed E-state index contributed by atoms with van der Waals surface area (Å²) in [6.07, 6.45) is 1.42. The Bertz CT molecular complexity index is 94.6. The van der Waals surface area contributed by atoms with Gasteiger partial charge in [-0.2, -0.15) is 0 Å². The highest BCUT2D eigenvalue weighted by molar-refractivity contribution is 5.44. The van der Waals surface area contributed by atoms with Crippen molar-refractivity contribution in [2.45, 2.75) is 0 Å². The smallest absolute Gasteiger partial charge is 0.296 e. The normalized spacial score (nSPS) is 5.50. The average molecular weight is 83.1 g/mol. The molecule has 6 heavy (non-hydrogen) atoms. The van der Waals surface area contributed by atoms with Crippen LogP contribution in [0.3, 0.4) is 0 Å². The summed E-state index contributed by atoms with van der Waals surface area (Å²) in [5.41, 5.74) is 12.5. The number of nitrogens with zero attached hydrogens (tertiary/aromatic N) is 2. The molecule has 3 heteroatoms. The Morgan fingerprint density at radius 3 is 2.83 bits per heavy atom. The van der Waals surface area contributed by atoms with Crippen LogP contribution in [0, 0.1) is 0 Å². The summed E-state index contributed by atoms with van der Waals surface area (Å²) in [4.78, 5) is 2.54. The summed E-state index contributed by atoms with van der Waals surface area (Å²) in [5, 5.41) is 0. The van der Waals surface area contributed by atoms with Gasteiger partial charge in [-0.1, -0.05) is 0 Å². The molecule has 0 aliphatic carbocycles. The zero-order valence-corrected chi connectivity index (χ0v) is 3.26. The van der Waals surface area contributed by atoms with Crippen LogP contribution in [0.4, 0.5) is 0 Å². The zero-order valence-electron chi connectivity index (χ0n) is 3.26. The van der Waals surface area contributed by atoms with Crippen molar-refractivity contribution in [3.8, 4) is 0 Å². The van der Waals surface area contributed by atoms with Gasteiger partial charge in [0.15, 0.2) is 0 Å². The van der Waals surface area contributed by atoms with Crippen LogP contribution in [0.25, 0.3) is 5.53 Å². The van der Waals surface area contributed by atoms with Gasteiger partial charge >= 0.3 is 0 Å². The van der Waals surface area contributed by atoms with Gasteiger partial charge in [0.05, 0.1) is 6.08 Å². The predicted octanol–water partition coefficient (Wildman–Crippen LogP) is -0.599. The second-order valence-electron chi connectivity index (χ2n) is 0.669. The second kappa shape index (κ2) is 4.12. The van der Waals surface area contributed by atoms with Gasteiger partial charge in [0.25, 0.3) is 5.87 Å². The highest BCUT2D eigenvalue weighted by Crippen LogP contribution is 1.39. The highest BCUT2D eigenvalue weighted by Gasteiger charge is 1.58. The highest BCUT2D eigenvalue weighted by atomic mass is 14.8. The topological polar surface area (TPSA) is 62.4 Å². The minimum atomic E-state index is 0.365. The van der Waals surface area contributed by atoms with E-state index in [-0.39, 0.29) is 0 Å². The van der Waals surface area contributed by atoms with Crippen molar-refractivity contribution >= 4 is 5.87 Å². The molecule has 0 rings (SSSR count). The molecular weight excluding hydrogens is 78.1 g/mol. The van der Waals surface area contributed by atoms with Crippen LogP contribution in [-0.2, 0) is 0 Å². The Morgan fingerprint density at radius 2 is 2.67 bits per heavy atom. The minimum absolute atomic E-state index is 0.365. The van der Waals surface area contributed by atoms with Crippen molar-refractivity contribution in [1.82, 2.24) is 0 Å². The Hall–Kier alpha value is -0.880. The van der Waals surface area contributed by atoms with Gasteiger partial charge < -0.3 is 11.3 Å². The minimum Gasteiger partial charge on any atom is -0.348 e. The molecule has 0 saturated carbocycles. The van der Waals surface area contributed by atoms with Crippen molar-refractivity contribution in [2.24, 2.45) is 5.73 Å². The molecule has 0 spiro atoms. The summed E-state index contributed by atoms with van der Waals surface area (Å²) < 4.78 is 0. The Kier molecular flexibility index (Phi) is 3.52. The lowest BCUT2D eigenvalue weighted by molar-refractivity contribution is 0.00791. The molecule has 32 valence electrons. The second-order valence-corrected chi connectivity index (χ2v) is 0.669. The van der Waals surface area contributed by atoms with Crippen molar-refractivity contribution in [1.29, 1.82) is 0 Å². The van der Waals surface area contributed by atoms with E-state index >= 15 is 0 Å². The van der Waals surface area contributed by atoms with E-state index < -0.39 is 0 Å². The fraction of sp³-hybridized carbons (Fsp3) is 0.333. The molecule has 0 aromatic heterocycles. The number of hydrogen-bond acceptors (Lipinski definition) is 1. The lowest BCUT2D eigenvalue weighted by Crippen LogP contribution is -1.92. The van der Waals surface area contributed by atoms with Crippen molar-refractivity contribution in [2.75, 3.05) is 6.54 Å². The van der Waals surface area contributed by atoms with E-state index in [0.29, 0.717) is 6.54 Å². The fourth-order valence-electron chi connectivity index (χ4n) is 0.0935. The van der Waals surface area contributed by atoms with Gasteiger partial charge in [-0.25, -0.2) is 0 Å². The summed E-state index contributed by atoms with van der Waals surface area (Å²) in [6.45, 7) is 0.365. The molecule has 0 aliphatic heterocycles. The van der Waals surface area contributed by atoms with Gasteiger partial charge in [-0.15, -0.1) is 4.79 Å². The predicted molar refractivity (Wildman–Crippen MR) is 22.3 cm³/mol. The molecule has 0 aromatic rings. The van der Waals surface area contributed by atoms with Crippen LogP contribution in [0.15, 0.2) is 6.08 Å². The molecular formula is C3H5N3. The van der Waals surface area contributed by atoms with Gasteiger partial charge in [0.1, 0.15) is 0 Å². The average Bonchev–Trinajstić information content (AvgIpc) is 1.61. The first kappa shape index (κ1) is 5.12. The molecule has 0 unspecified atom stereocenters. The maximum atomic E-state index is 7.62. The summed E-state index contributed by atoms with van der Waals surface area (Å²) in [5.74, 6) is 2.13. The van der Waals surface area contributed by atoms with Crippen LogP contribution in [0.5, 0.6) is 0 Å². The summed E-state index contributed by atoms with van der Waals surface area (Å²) in [6, 6.07) is 0. The Balaban J connectivity index is 3.47. The van der Waals surface area contributed by atoms with E-state index in [4.69, 9.17) is 11.3 Å². The maximum Gasteiger partial charge on any atom is 0.296 e. The summed E-state index contributed by atoms with van der Waals surface area (Å²) in [7, 11) is 0. The van der Waals surface area contributed by atoms with Gasteiger partial charge in [0.2, 0.25) is 0 Å². The lowest BCUT2D eigenvalue weighted by Gasteiger charge is -1.57. The molecule has 0 radical (unpaired) electrons. The molecule has 0 aromatic carbocycles. The van der Waals surface area contributed by atoms with E-state index in [1.54, 1.807) is 0 Å². The Labute approximate surface area is 35.7 Å². The first-order chi connectivity index (χ1) is 2.91. The molecule has 0 atom stereocenters. The van der Waals surface area contributed by atoms with Crippen LogP contribution in [0.2, 0.25) is 0 Å². The third-order valence-corrected chi connectivity index (χ3v) is 0.267. The van der Waals surface area contributed by atoms with E-state index in [2.05, 4.69) is 10.7 Å². The van der Waals surface area contributed by atoms with Crippen molar-refractivity contribution < 1.29 is 4.79 Å². The van der Waals surface area contributed by atoms with E-state index in [1.165, 1.54) is 6.08 Å². The van der Waals surface area contributed by atoms with Crippen LogP contribution >= 0.6 is 0 Å². The lowest BCUT2D eigenvalue weighted by atomic mass is 10.7. The monoisotopic (exact) mass is 83.0 g/mol. The van der Waals surface area contributed by atoms with Gasteiger partial charge in [0, 0.05) is 6.54 Å². The third kappa shape index (κ3) is 3.12. The first-order valence-corrected chi connectivity index (χ1v) is 1.53. The van der Waals surface area contributed by atoms with Crippen LogP contribution in [0.1, 0.15) is 0 Å². The number of rotatable bonds is 1. The van der Waals surface area contributed by atoms with Crippen molar-refractivity contribution in [3.05, 3.63) is 11.6 Å². The molecule has 0 amide bonds. The fourth-order valence-corrected chi connectivity index (χ4v) is 0.0935. The van der Waals surface area contributed by atoms with Crippen LogP contribution < -0.4 is 5.73 Å². The quantitative estimate of drug-likeness (QED) is 0.257. The molecule has 2 N–H and O–H groups in total. The maximum absolute atomic E-state index is 7.62. The Morgan fingerprint density at radius 1 is 2.00 bits per heavy atom. The van der Waals surface area contributed by atoms with Crippen molar-refractivity contribution in [3.63, 3.8) is 0 Å². The molecule has 0 saturated heterocycles. The standard InChI is InChI=1S/C3H5N3/c4-2-1-3-6-5/h1H,2,4H2. The molecule has 0 aliphatic rings. The van der Waals surface area contributed by atoms with Gasteiger partial charge in [-0.05, 0) is 0 Å². The largest absolute Gasteiger partial charge is 0.348 e. The third-order valence-electron chi connectivity index (χ3n) is 0.267. The van der Waals surface area contributed by atoms with Gasteiger partial charge in [-0.3, -0.25) is 0 Å². The van der Waals surface area contributed by atoms with E-state index in [0.717, 1.165) is 0 Å². The molecule has 0 bridgehead atoms. The number of nitrogens with two attached hydrogens (primary N) is 1. The summed E-state index contributed by atoms with van der Waals surface area (Å²) >= 11 is 0. The van der Waals surface area contributed by atoms with E-state index in [9.17, 15) is 0 Å². The molecule has 0 heterocycles. The van der Waals surface area contributed by atoms with Crippen LogP contribution in [-0.4, -0.2) is 17.2 Å². The molecule has 0 fully saturated rings. The molecule has 3 nitrogen and oxygen atoms in total. The van der Waals surface area contributed by atoms with E-state index in [1.807, 2.05) is 0 Å².